The second-order valence-electron chi connectivity index (χ2n) is 8.90. The van der Waals surface area contributed by atoms with Crippen LogP contribution in [0.1, 0.15) is 62.1 Å². The molecule has 0 fully saturated rings. The van der Waals surface area contributed by atoms with E-state index in [1.165, 1.54) is 36.4 Å². The van der Waals surface area contributed by atoms with Gasteiger partial charge in [0.05, 0.1) is 27.8 Å². The minimum atomic E-state index is -1.51. The molecule has 0 aromatic heterocycles. The van der Waals surface area contributed by atoms with Crippen molar-refractivity contribution in [1.82, 2.24) is 0 Å². The molecule has 4 N–H and O–H groups in total. The Kier molecular flexibility index (Phi) is 7.05. The summed E-state index contributed by atoms with van der Waals surface area (Å²) in [5.41, 5.74) is -1.48. The van der Waals surface area contributed by atoms with E-state index in [0.717, 1.165) is 24.3 Å². The van der Waals surface area contributed by atoms with Gasteiger partial charge >= 0.3 is 35.8 Å². The molecule has 0 amide bonds. The van der Waals surface area contributed by atoms with Crippen LogP contribution in [0.4, 0.5) is 0 Å². The van der Waals surface area contributed by atoms with Crippen LogP contribution in [0, 0.1) is 0 Å². The number of aromatic carboxylic acids is 4. The lowest BCUT2D eigenvalue weighted by Crippen LogP contribution is -2.08. The molecule has 0 spiro atoms. The van der Waals surface area contributed by atoms with Crippen LogP contribution in [0.3, 0.4) is 0 Å². The zero-order chi connectivity index (χ0) is 31.0. The topological polar surface area (TPSA) is 211 Å². The van der Waals surface area contributed by atoms with Gasteiger partial charge in [0.2, 0.25) is 0 Å². The summed E-state index contributed by atoms with van der Waals surface area (Å²) in [6.45, 7) is 0. The van der Waals surface area contributed by atoms with Gasteiger partial charge in [0.25, 0.3) is 0 Å². The number of hydrogen-bond acceptors (Lipinski definition) is 9. The smallest absolute Gasteiger partial charge is 0.350 e. The molecule has 43 heavy (non-hydrogen) atoms. The maximum absolute atomic E-state index is 12.7. The highest BCUT2D eigenvalue weighted by Gasteiger charge is 2.36. The van der Waals surface area contributed by atoms with E-state index in [0.29, 0.717) is 5.56 Å². The van der Waals surface area contributed by atoms with Crippen LogP contribution in [0.25, 0.3) is 11.1 Å². The molecule has 0 saturated carbocycles. The summed E-state index contributed by atoms with van der Waals surface area (Å²) >= 11 is 0. The maximum atomic E-state index is 12.7. The predicted octanol–water partition coefficient (Wildman–Crippen LogP) is 5.04. The van der Waals surface area contributed by atoms with Crippen LogP contribution in [-0.2, 0) is 4.74 Å². The van der Waals surface area contributed by atoms with Crippen LogP contribution in [0.2, 0.25) is 0 Å². The van der Waals surface area contributed by atoms with E-state index in [-0.39, 0.29) is 39.7 Å². The molecule has 0 unspecified atom stereocenters. The Morgan fingerprint density at radius 2 is 0.977 bits per heavy atom. The maximum Gasteiger partial charge on any atom is 0.350 e. The lowest BCUT2D eigenvalue weighted by molar-refractivity contribution is 0.0441. The minimum Gasteiger partial charge on any atom is -0.478 e. The van der Waals surface area contributed by atoms with Crippen molar-refractivity contribution in [2.45, 2.75) is 0 Å². The molecular formula is C30H16O13. The molecule has 5 rings (SSSR count). The molecule has 4 aromatic carbocycles. The molecule has 0 atom stereocenters. The Bertz CT molecular complexity index is 1890. The summed E-state index contributed by atoms with van der Waals surface area (Å²) in [4.78, 5) is 70.8. The van der Waals surface area contributed by atoms with Gasteiger partial charge in [-0.05, 0) is 71.8 Å². The Morgan fingerprint density at radius 1 is 0.512 bits per heavy atom. The zero-order valence-electron chi connectivity index (χ0n) is 21.4. The van der Waals surface area contributed by atoms with Crippen molar-refractivity contribution in [2.75, 3.05) is 0 Å². The Labute approximate surface area is 239 Å². The van der Waals surface area contributed by atoms with E-state index in [9.17, 15) is 49.2 Å². The van der Waals surface area contributed by atoms with Crippen molar-refractivity contribution in [3.8, 4) is 34.1 Å². The SMILES string of the molecule is O=C(O)c1ccc(Oc2ccc(-c3ccc(Oc4ccc(C(=O)O)c(C(=O)O)c4)c4c3C(=O)OC4=O)cc2)cc1C(=O)O. The van der Waals surface area contributed by atoms with Gasteiger partial charge in [0.15, 0.2) is 0 Å². The Hall–Kier alpha value is -6.50. The van der Waals surface area contributed by atoms with Gasteiger partial charge in [-0.3, -0.25) is 0 Å². The van der Waals surface area contributed by atoms with E-state index < -0.39 is 58.1 Å². The van der Waals surface area contributed by atoms with E-state index >= 15 is 0 Å². The molecule has 0 bridgehead atoms. The quantitative estimate of drug-likeness (QED) is 0.150. The molecule has 13 nitrogen and oxygen atoms in total. The number of carbonyl (C=O) groups is 6. The first-order valence-corrected chi connectivity index (χ1v) is 12.1. The molecule has 0 saturated heterocycles. The summed E-state index contributed by atoms with van der Waals surface area (Å²) in [5.74, 6) is -7.70. The molecule has 214 valence electrons. The highest BCUT2D eigenvalue weighted by Crippen LogP contribution is 2.39. The standard InChI is InChI=1S/C30H16O13/c31-25(32)18-7-5-15(11-20(18)27(35)36)41-14-3-1-13(2-4-14)17-9-10-22(24-23(17)29(39)43-30(24)40)42-16-6-8-19(26(33)34)21(12-16)28(37)38/h1-12H,(H,31,32)(H,33,34)(H,35,36)(H,37,38). The molecule has 13 heteroatoms. The number of cyclic esters (lactones) is 2. The second kappa shape index (κ2) is 10.8. The lowest BCUT2D eigenvalue weighted by atomic mass is 9.95. The second-order valence-corrected chi connectivity index (χ2v) is 8.90. The van der Waals surface area contributed by atoms with E-state index in [1.54, 1.807) is 12.1 Å². The van der Waals surface area contributed by atoms with Crippen molar-refractivity contribution >= 4 is 35.8 Å². The number of rotatable bonds is 9. The Morgan fingerprint density at radius 3 is 1.49 bits per heavy atom. The van der Waals surface area contributed by atoms with Gasteiger partial charge in [-0.1, -0.05) is 12.1 Å². The highest BCUT2D eigenvalue weighted by molar-refractivity contribution is 6.19. The molecule has 4 aromatic rings. The average Bonchev–Trinajstić information content (AvgIpc) is 3.27. The van der Waals surface area contributed by atoms with Gasteiger partial charge in [-0.2, -0.15) is 0 Å². The van der Waals surface area contributed by atoms with Crippen LogP contribution in [0.5, 0.6) is 23.0 Å². The largest absolute Gasteiger partial charge is 0.478 e. The molecular weight excluding hydrogens is 568 g/mol. The van der Waals surface area contributed by atoms with Gasteiger partial charge in [0, 0.05) is 0 Å². The fourth-order valence-electron chi connectivity index (χ4n) is 4.38. The zero-order valence-corrected chi connectivity index (χ0v) is 21.4. The van der Waals surface area contributed by atoms with Gasteiger partial charge in [0.1, 0.15) is 28.6 Å². The monoisotopic (exact) mass is 584 g/mol. The highest BCUT2D eigenvalue weighted by atomic mass is 16.6. The summed E-state index contributed by atoms with van der Waals surface area (Å²) in [7, 11) is 0. The summed E-state index contributed by atoms with van der Waals surface area (Å²) in [6, 6.07) is 15.6. The normalized spacial score (nSPS) is 11.8. The van der Waals surface area contributed by atoms with Gasteiger partial charge in [-0.25, -0.2) is 28.8 Å². The first-order valence-electron chi connectivity index (χ1n) is 12.1. The van der Waals surface area contributed by atoms with Crippen LogP contribution in [-0.4, -0.2) is 56.2 Å². The third-order valence-corrected chi connectivity index (χ3v) is 6.29. The summed E-state index contributed by atoms with van der Waals surface area (Å²) in [6.07, 6.45) is 0. The molecule has 1 heterocycles. The first-order chi connectivity index (χ1) is 20.4. The average molecular weight is 584 g/mol. The van der Waals surface area contributed by atoms with Crippen LogP contribution >= 0.6 is 0 Å². The van der Waals surface area contributed by atoms with Crippen molar-refractivity contribution in [2.24, 2.45) is 0 Å². The van der Waals surface area contributed by atoms with Crippen molar-refractivity contribution < 1.29 is 63.4 Å². The fourth-order valence-corrected chi connectivity index (χ4v) is 4.38. The number of hydrogen-bond donors (Lipinski definition) is 4. The number of fused-ring (bicyclic) bond motifs is 1. The van der Waals surface area contributed by atoms with E-state index in [2.05, 4.69) is 0 Å². The molecule has 0 radical (unpaired) electrons. The molecule has 1 aliphatic rings. The van der Waals surface area contributed by atoms with Crippen molar-refractivity contribution in [3.05, 3.63) is 106 Å². The lowest BCUT2D eigenvalue weighted by Gasteiger charge is -2.13. The number of carboxylic acid groups (broad SMARTS) is 4. The number of benzene rings is 4. The summed E-state index contributed by atoms with van der Waals surface area (Å²) in [5, 5.41) is 37.1. The van der Waals surface area contributed by atoms with Gasteiger partial charge < -0.3 is 34.6 Å². The van der Waals surface area contributed by atoms with Crippen molar-refractivity contribution in [1.29, 1.82) is 0 Å². The number of carboxylic acids is 4. The van der Waals surface area contributed by atoms with Gasteiger partial charge in [-0.15, -0.1) is 0 Å². The number of esters is 2. The molecule has 1 aliphatic heterocycles. The third kappa shape index (κ3) is 5.32. The predicted molar refractivity (Wildman–Crippen MR) is 142 cm³/mol. The van der Waals surface area contributed by atoms with Crippen LogP contribution < -0.4 is 9.47 Å². The van der Waals surface area contributed by atoms with Crippen molar-refractivity contribution in [3.63, 3.8) is 0 Å². The minimum absolute atomic E-state index is 0.0640. The third-order valence-electron chi connectivity index (χ3n) is 6.29. The number of carbonyl (C=O) groups excluding carboxylic acids is 2. The van der Waals surface area contributed by atoms with E-state index in [4.69, 9.17) is 14.2 Å². The fraction of sp³-hybridized carbons (Fsp3) is 0. The molecule has 0 aliphatic carbocycles. The van der Waals surface area contributed by atoms with E-state index in [1.807, 2.05) is 0 Å². The summed E-state index contributed by atoms with van der Waals surface area (Å²) < 4.78 is 16.1. The Balaban J connectivity index is 1.46. The van der Waals surface area contributed by atoms with Crippen LogP contribution in [0.15, 0.2) is 72.8 Å². The number of ether oxygens (including phenoxy) is 3. The first kappa shape index (κ1) is 28.0.